The van der Waals surface area contributed by atoms with Crippen molar-refractivity contribution in [3.63, 3.8) is 0 Å². The maximum atomic E-state index is 12.0. The molecule has 1 saturated heterocycles. The van der Waals surface area contributed by atoms with Gasteiger partial charge in [0.05, 0.1) is 19.1 Å². The molecular weight excluding hydrogens is 252 g/mol. The van der Waals surface area contributed by atoms with Crippen molar-refractivity contribution in [3.8, 4) is 0 Å². The number of ether oxygens (including phenoxy) is 1. The van der Waals surface area contributed by atoms with Crippen molar-refractivity contribution >= 4 is 11.9 Å². The Kier molecular flexibility index (Phi) is 4.51. The van der Waals surface area contributed by atoms with Crippen LogP contribution in [0.15, 0.2) is 16.9 Å². The standard InChI is InChI=1S/C12H16N2O5/c15-11(16)4-7-18-9-1-5-14(6-2-9)12(17)10-3-8-19-13-10/h3,8-9H,1-2,4-7H2,(H,15,16). The van der Waals surface area contributed by atoms with Gasteiger partial charge in [0.25, 0.3) is 5.91 Å². The molecule has 7 heteroatoms. The van der Waals surface area contributed by atoms with E-state index in [-0.39, 0.29) is 25.0 Å². The summed E-state index contributed by atoms with van der Waals surface area (Å²) in [7, 11) is 0. The minimum absolute atomic E-state index is 0.0120. The van der Waals surface area contributed by atoms with Crippen LogP contribution in [0.25, 0.3) is 0 Å². The molecule has 0 bridgehead atoms. The summed E-state index contributed by atoms with van der Waals surface area (Å²) in [5.74, 6) is -1.00. The van der Waals surface area contributed by atoms with Crippen LogP contribution in [0.1, 0.15) is 29.8 Å². The third-order valence-electron chi connectivity index (χ3n) is 3.06. The Labute approximate surface area is 110 Å². The highest BCUT2D eigenvalue weighted by Crippen LogP contribution is 2.16. The number of hydrogen-bond acceptors (Lipinski definition) is 5. The fourth-order valence-electron chi connectivity index (χ4n) is 2.02. The number of carboxylic acid groups (broad SMARTS) is 1. The van der Waals surface area contributed by atoms with Gasteiger partial charge < -0.3 is 19.3 Å². The maximum Gasteiger partial charge on any atom is 0.305 e. The predicted octanol–water partition coefficient (Wildman–Crippen LogP) is 0.770. The summed E-state index contributed by atoms with van der Waals surface area (Å²) in [6.45, 7) is 1.39. The minimum Gasteiger partial charge on any atom is -0.481 e. The van der Waals surface area contributed by atoms with E-state index in [0.29, 0.717) is 31.6 Å². The highest BCUT2D eigenvalue weighted by molar-refractivity contribution is 5.92. The molecule has 104 valence electrons. The van der Waals surface area contributed by atoms with Crippen molar-refractivity contribution in [2.24, 2.45) is 0 Å². The van der Waals surface area contributed by atoms with Crippen LogP contribution in [0.3, 0.4) is 0 Å². The van der Waals surface area contributed by atoms with Crippen LogP contribution < -0.4 is 0 Å². The lowest BCUT2D eigenvalue weighted by molar-refractivity contribution is -0.138. The van der Waals surface area contributed by atoms with Crippen molar-refractivity contribution in [2.75, 3.05) is 19.7 Å². The number of amides is 1. The van der Waals surface area contributed by atoms with E-state index in [2.05, 4.69) is 9.68 Å². The van der Waals surface area contributed by atoms with E-state index in [0.717, 1.165) is 0 Å². The van der Waals surface area contributed by atoms with Gasteiger partial charge in [-0.15, -0.1) is 0 Å². The first-order chi connectivity index (χ1) is 9.16. The van der Waals surface area contributed by atoms with E-state index in [1.54, 1.807) is 4.90 Å². The molecule has 1 fully saturated rings. The smallest absolute Gasteiger partial charge is 0.305 e. The van der Waals surface area contributed by atoms with Crippen molar-refractivity contribution < 1.29 is 24.0 Å². The molecule has 0 spiro atoms. The number of nitrogens with zero attached hydrogens (tertiary/aromatic N) is 2. The monoisotopic (exact) mass is 268 g/mol. The quantitative estimate of drug-likeness (QED) is 0.847. The summed E-state index contributed by atoms with van der Waals surface area (Å²) in [4.78, 5) is 24.0. The summed E-state index contributed by atoms with van der Waals surface area (Å²) < 4.78 is 10.1. The molecule has 1 aromatic rings. The number of carboxylic acids is 1. The molecule has 19 heavy (non-hydrogen) atoms. The lowest BCUT2D eigenvalue weighted by atomic mass is 10.1. The van der Waals surface area contributed by atoms with Crippen molar-refractivity contribution in [1.29, 1.82) is 0 Å². The largest absolute Gasteiger partial charge is 0.481 e. The fraction of sp³-hybridized carbons (Fsp3) is 0.583. The number of carbonyl (C=O) groups excluding carboxylic acids is 1. The normalized spacial score (nSPS) is 16.5. The van der Waals surface area contributed by atoms with E-state index < -0.39 is 5.97 Å². The second kappa shape index (κ2) is 6.33. The van der Waals surface area contributed by atoms with Crippen LogP contribution >= 0.6 is 0 Å². The van der Waals surface area contributed by atoms with Gasteiger partial charge in [0.1, 0.15) is 6.26 Å². The fourth-order valence-corrected chi connectivity index (χ4v) is 2.02. The van der Waals surface area contributed by atoms with E-state index in [1.165, 1.54) is 12.3 Å². The Balaban J connectivity index is 1.73. The van der Waals surface area contributed by atoms with Crippen LogP contribution in [0.2, 0.25) is 0 Å². The molecule has 1 aromatic heterocycles. The molecule has 1 amide bonds. The summed E-state index contributed by atoms with van der Waals surface area (Å²) in [5.41, 5.74) is 0.310. The Morgan fingerprint density at radius 2 is 2.21 bits per heavy atom. The minimum atomic E-state index is -0.862. The molecule has 1 N–H and O–H groups in total. The zero-order valence-corrected chi connectivity index (χ0v) is 10.4. The molecule has 2 rings (SSSR count). The van der Waals surface area contributed by atoms with Crippen molar-refractivity contribution in [1.82, 2.24) is 10.1 Å². The lowest BCUT2D eigenvalue weighted by Crippen LogP contribution is -2.41. The first-order valence-corrected chi connectivity index (χ1v) is 6.20. The molecular formula is C12H16N2O5. The molecule has 7 nitrogen and oxygen atoms in total. The molecule has 2 heterocycles. The Hall–Kier alpha value is -1.89. The average Bonchev–Trinajstić information content (AvgIpc) is 2.92. The van der Waals surface area contributed by atoms with Crippen LogP contribution in [0.5, 0.6) is 0 Å². The Morgan fingerprint density at radius 1 is 1.47 bits per heavy atom. The predicted molar refractivity (Wildman–Crippen MR) is 63.6 cm³/mol. The van der Waals surface area contributed by atoms with Gasteiger partial charge in [-0.3, -0.25) is 9.59 Å². The highest BCUT2D eigenvalue weighted by Gasteiger charge is 2.25. The van der Waals surface area contributed by atoms with Gasteiger partial charge >= 0.3 is 5.97 Å². The van der Waals surface area contributed by atoms with Gasteiger partial charge in [-0.1, -0.05) is 5.16 Å². The van der Waals surface area contributed by atoms with E-state index in [9.17, 15) is 9.59 Å². The Morgan fingerprint density at radius 3 is 2.79 bits per heavy atom. The number of likely N-dealkylation sites (tertiary alicyclic amines) is 1. The Bertz CT molecular complexity index is 423. The van der Waals surface area contributed by atoms with Crippen LogP contribution in [0, 0.1) is 0 Å². The first-order valence-electron chi connectivity index (χ1n) is 6.20. The van der Waals surface area contributed by atoms with Crippen LogP contribution in [-0.2, 0) is 9.53 Å². The molecule has 0 aliphatic carbocycles. The summed E-state index contributed by atoms with van der Waals surface area (Å²) in [6, 6.07) is 1.54. The van der Waals surface area contributed by atoms with Crippen molar-refractivity contribution in [3.05, 3.63) is 18.0 Å². The maximum absolute atomic E-state index is 12.0. The van der Waals surface area contributed by atoms with Gasteiger partial charge in [-0.05, 0) is 12.8 Å². The lowest BCUT2D eigenvalue weighted by Gasteiger charge is -2.31. The highest BCUT2D eigenvalue weighted by atomic mass is 16.5. The van der Waals surface area contributed by atoms with E-state index >= 15 is 0 Å². The zero-order valence-electron chi connectivity index (χ0n) is 10.4. The second-order valence-electron chi connectivity index (χ2n) is 4.39. The third kappa shape index (κ3) is 3.78. The summed E-state index contributed by atoms with van der Waals surface area (Å²) in [6.07, 6.45) is 2.83. The van der Waals surface area contributed by atoms with Gasteiger partial charge in [0.15, 0.2) is 5.69 Å². The summed E-state index contributed by atoms with van der Waals surface area (Å²) >= 11 is 0. The molecule has 1 aliphatic rings. The molecule has 0 saturated carbocycles. The number of piperidine rings is 1. The SMILES string of the molecule is O=C(O)CCOC1CCN(C(=O)c2ccon2)CC1. The van der Waals surface area contributed by atoms with Gasteiger partial charge in [-0.2, -0.15) is 0 Å². The number of aliphatic carboxylic acids is 1. The number of carbonyl (C=O) groups is 2. The topological polar surface area (TPSA) is 92.9 Å². The van der Waals surface area contributed by atoms with Crippen LogP contribution in [0.4, 0.5) is 0 Å². The van der Waals surface area contributed by atoms with Gasteiger partial charge in [0.2, 0.25) is 0 Å². The summed E-state index contributed by atoms with van der Waals surface area (Å²) in [5, 5.41) is 12.1. The molecule has 0 radical (unpaired) electrons. The van der Waals surface area contributed by atoms with E-state index in [4.69, 9.17) is 9.84 Å². The van der Waals surface area contributed by atoms with Gasteiger partial charge in [0, 0.05) is 19.2 Å². The number of aromatic nitrogens is 1. The van der Waals surface area contributed by atoms with Crippen LogP contribution in [-0.4, -0.2) is 52.8 Å². The molecule has 0 unspecified atom stereocenters. The molecule has 0 aromatic carbocycles. The third-order valence-corrected chi connectivity index (χ3v) is 3.06. The number of hydrogen-bond donors (Lipinski definition) is 1. The molecule has 0 atom stereocenters. The van der Waals surface area contributed by atoms with Crippen molar-refractivity contribution in [2.45, 2.75) is 25.4 Å². The zero-order chi connectivity index (χ0) is 13.7. The second-order valence-corrected chi connectivity index (χ2v) is 4.39. The van der Waals surface area contributed by atoms with Gasteiger partial charge in [-0.25, -0.2) is 0 Å². The number of rotatable bonds is 5. The van der Waals surface area contributed by atoms with E-state index in [1.807, 2.05) is 0 Å². The first kappa shape index (κ1) is 13.5. The molecule has 1 aliphatic heterocycles. The average molecular weight is 268 g/mol.